The zero-order chi connectivity index (χ0) is 52.7. The Morgan fingerprint density at radius 2 is 0.901 bits per heavy atom. The molecule has 6 heteroatoms. The second kappa shape index (κ2) is 33.9. The van der Waals surface area contributed by atoms with Crippen LogP contribution in [0.25, 0.3) is 10.9 Å². The van der Waals surface area contributed by atoms with E-state index in [0.29, 0.717) is 41.4 Å². The Balaban J connectivity index is 0.000000285. The molecule has 0 spiro atoms. The lowest BCUT2D eigenvalue weighted by molar-refractivity contribution is 0.414. The fourth-order valence-electron chi connectivity index (χ4n) is 6.71. The Hall–Kier alpha value is -6.53. The first-order valence-corrected chi connectivity index (χ1v) is 25.5. The van der Waals surface area contributed by atoms with Gasteiger partial charge in [-0.3, -0.25) is 15.0 Å². The quantitative estimate of drug-likeness (QED) is 0.151. The van der Waals surface area contributed by atoms with Crippen LogP contribution in [0.3, 0.4) is 0 Å². The summed E-state index contributed by atoms with van der Waals surface area (Å²) in [6.07, 6.45) is 12.6. The molecular formula is C65H87N5O. The molecule has 0 atom stereocenters. The molecule has 0 aliphatic rings. The number of fused-ring (bicyclic) bond motifs is 1. The van der Waals surface area contributed by atoms with Crippen LogP contribution in [0.4, 0.5) is 0 Å². The van der Waals surface area contributed by atoms with Crippen LogP contribution in [-0.2, 0) is 0 Å². The second-order valence-corrected chi connectivity index (χ2v) is 19.8. The van der Waals surface area contributed by atoms with Gasteiger partial charge in [-0.15, -0.1) is 0 Å². The summed E-state index contributed by atoms with van der Waals surface area (Å²) in [6.45, 7) is 34.8. The van der Waals surface area contributed by atoms with Crippen molar-refractivity contribution in [3.63, 3.8) is 0 Å². The highest BCUT2D eigenvalue weighted by molar-refractivity contribution is 5.79. The molecule has 0 N–H and O–H groups in total. The molecule has 4 aromatic carbocycles. The van der Waals surface area contributed by atoms with E-state index in [1.807, 2.05) is 79.5 Å². The smallest absolute Gasteiger partial charge is 0.118 e. The predicted molar refractivity (Wildman–Crippen MR) is 306 cm³/mol. The van der Waals surface area contributed by atoms with Gasteiger partial charge in [-0.2, -0.15) is 0 Å². The number of methoxy groups -OCH3 is 1. The van der Waals surface area contributed by atoms with Crippen molar-refractivity contribution < 1.29 is 4.74 Å². The highest BCUT2D eigenvalue weighted by Crippen LogP contribution is 2.21. The van der Waals surface area contributed by atoms with E-state index >= 15 is 0 Å². The zero-order valence-corrected chi connectivity index (χ0v) is 46.4. The van der Waals surface area contributed by atoms with Crippen molar-refractivity contribution in [1.29, 1.82) is 0 Å². The van der Waals surface area contributed by atoms with Gasteiger partial charge in [-0.1, -0.05) is 187 Å². The normalized spacial score (nSPS) is 10.4. The highest BCUT2D eigenvalue weighted by Gasteiger charge is 2.03. The van der Waals surface area contributed by atoms with Gasteiger partial charge in [0, 0.05) is 48.3 Å². The number of ether oxygens (including phenoxy) is 1. The number of aryl methyl sites for hydroxylation is 2. The second-order valence-electron chi connectivity index (χ2n) is 19.8. The van der Waals surface area contributed by atoms with Crippen LogP contribution in [-0.4, -0.2) is 32.0 Å². The van der Waals surface area contributed by atoms with Crippen molar-refractivity contribution in [2.24, 2.45) is 0 Å². The standard InChI is InChI=1S/C12H13N.C11H16.C10H14O.C9H12.2C8H11N.C7H10N2/c1-9(2)10-5-6-12-11(8-10)4-3-7-13-12;1-8(2)11-7-9(3)5-6-10(11)4;1-8(2)9-4-6-10(11-3)7-5-9;1-8(2)9-6-4-3-5-7-9;1-7(2)8-4-3-5-9-6-8;1-7(2)8-5-3-4-6-9-8;1-6(2)7-3-8-5-9-4-7/h3-9H,1-2H3;5-8H,1-4H3;4-8H,1-3H3;3-8H,1-2H3;2*3-7H,1-2H3;3-6H,1-2H3. The Morgan fingerprint density at radius 3 is 1.34 bits per heavy atom. The Bertz CT molecular complexity index is 2380. The van der Waals surface area contributed by atoms with Crippen molar-refractivity contribution in [3.8, 4) is 5.75 Å². The molecule has 4 aromatic heterocycles. The molecule has 0 aliphatic heterocycles. The summed E-state index contributed by atoms with van der Waals surface area (Å²) < 4.78 is 5.05. The molecule has 8 rings (SSSR count). The van der Waals surface area contributed by atoms with Crippen molar-refractivity contribution in [1.82, 2.24) is 24.9 Å². The van der Waals surface area contributed by atoms with Gasteiger partial charge in [-0.05, 0) is 143 Å². The fraction of sp³-hybridized carbons (Fsp3) is 0.369. The van der Waals surface area contributed by atoms with Crippen LogP contribution in [0.2, 0.25) is 0 Å². The minimum absolute atomic E-state index is 0.534. The topological polar surface area (TPSA) is 73.7 Å². The SMILES string of the molecule is CC(C)c1ccc2ncccc2c1.CC(C)c1ccccc1.CC(C)c1ccccn1.CC(C)c1cccnc1.CC(C)c1cncnc1.COc1ccc(C(C)C)cc1.Cc1ccc(C)c(C(C)C)c1. The van der Waals surface area contributed by atoms with Gasteiger partial charge in [0.05, 0.1) is 12.6 Å². The van der Waals surface area contributed by atoms with E-state index in [-0.39, 0.29) is 0 Å². The minimum atomic E-state index is 0.534. The summed E-state index contributed by atoms with van der Waals surface area (Å²) >= 11 is 0. The van der Waals surface area contributed by atoms with Crippen molar-refractivity contribution >= 4 is 10.9 Å². The third kappa shape index (κ3) is 24.7. The van der Waals surface area contributed by atoms with Gasteiger partial charge < -0.3 is 4.74 Å². The van der Waals surface area contributed by atoms with Crippen molar-refractivity contribution in [2.45, 2.75) is 152 Å². The number of rotatable bonds is 8. The number of benzene rings is 4. The fourth-order valence-corrected chi connectivity index (χ4v) is 6.71. The van der Waals surface area contributed by atoms with Crippen LogP contribution in [0, 0.1) is 13.8 Å². The highest BCUT2D eigenvalue weighted by atomic mass is 16.5. The summed E-state index contributed by atoms with van der Waals surface area (Å²) in [4.78, 5) is 20.3. The molecule has 0 amide bonds. The lowest BCUT2D eigenvalue weighted by Gasteiger charge is -2.09. The van der Waals surface area contributed by atoms with Gasteiger partial charge in [0.2, 0.25) is 0 Å². The van der Waals surface area contributed by atoms with Crippen LogP contribution in [0.5, 0.6) is 5.75 Å². The number of nitrogens with zero attached hydrogens (tertiary/aromatic N) is 5. The lowest BCUT2D eigenvalue weighted by atomic mass is 9.96. The maximum atomic E-state index is 5.05. The van der Waals surface area contributed by atoms with E-state index in [9.17, 15) is 0 Å². The largest absolute Gasteiger partial charge is 0.497 e. The molecule has 0 saturated carbocycles. The van der Waals surface area contributed by atoms with Gasteiger partial charge in [0.15, 0.2) is 0 Å². The molecule has 0 bridgehead atoms. The van der Waals surface area contributed by atoms with E-state index in [4.69, 9.17) is 4.74 Å². The summed E-state index contributed by atoms with van der Waals surface area (Å²) in [5.74, 6) is 5.09. The summed E-state index contributed by atoms with van der Waals surface area (Å²) in [7, 11) is 1.68. The predicted octanol–water partition coefficient (Wildman–Crippen LogP) is 18.4. The van der Waals surface area contributed by atoms with Crippen LogP contribution in [0.15, 0.2) is 177 Å². The minimum Gasteiger partial charge on any atom is -0.497 e. The van der Waals surface area contributed by atoms with Crippen molar-refractivity contribution in [3.05, 3.63) is 227 Å². The maximum absolute atomic E-state index is 5.05. The van der Waals surface area contributed by atoms with E-state index in [1.54, 1.807) is 19.6 Å². The first-order valence-electron chi connectivity index (χ1n) is 25.5. The third-order valence-corrected chi connectivity index (χ3v) is 11.5. The Morgan fingerprint density at radius 1 is 0.380 bits per heavy atom. The molecule has 6 nitrogen and oxygen atoms in total. The van der Waals surface area contributed by atoms with Gasteiger partial charge in [-0.25, -0.2) is 9.97 Å². The average Bonchev–Trinajstić information content (AvgIpc) is 3.39. The first kappa shape index (κ1) is 60.6. The molecule has 8 aromatic rings. The summed E-state index contributed by atoms with van der Waals surface area (Å²) in [6, 6.07) is 46.0. The van der Waals surface area contributed by atoms with Gasteiger partial charge in [0.25, 0.3) is 0 Å². The van der Waals surface area contributed by atoms with Gasteiger partial charge >= 0.3 is 0 Å². The zero-order valence-electron chi connectivity index (χ0n) is 46.4. The molecule has 0 unspecified atom stereocenters. The molecule has 4 heterocycles. The van der Waals surface area contributed by atoms with Gasteiger partial charge in [0.1, 0.15) is 12.1 Å². The van der Waals surface area contributed by atoms with E-state index in [1.165, 1.54) is 49.9 Å². The number of hydrogen-bond acceptors (Lipinski definition) is 6. The van der Waals surface area contributed by atoms with E-state index in [2.05, 4.69) is 221 Å². The Kier molecular flexibility index (Phi) is 28.9. The average molecular weight is 954 g/mol. The number of aromatic nitrogens is 5. The molecule has 0 saturated heterocycles. The molecule has 378 valence electrons. The maximum Gasteiger partial charge on any atom is 0.118 e. The van der Waals surface area contributed by atoms with Crippen LogP contribution >= 0.6 is 0 Å². The number of hydrogen-bond donors (Lipinski definition) is 0. The van der Waals surface area contributed by atoms with E-state index in [0.717, 1.165) is 17.0 Å². The molecule has 71 heavy (non-hydrogen) atoms. The van der Waals surface area contributed by atoms with E-state index < -0.39 is 0 Å². The van der Waals surface area contributed by atoms with Crippen molar-refractivity contribution in [2.75, 3.05) is 7.11 Å². The number of pyridine rings is 3. The molecule has 0 fully saturated rings. The third-order valence-electron chi connectivity index (χ3n) is 11.5. The summed E-state index contributed by atoms with van der Waals surface area (Å²) in [5.41, 5.74) is 13.1. The van der Waals surface area contributed by atoms with Crippen LogP contribution < -0.4 is 4.74 Å². The monoisotopic (exact) mass is 954 g/mol. The lowest BCUT2D eigenvalue weighted by Crippen LogP contribution is -1.91. The Labute approximate surface area is 430 Å². The van der Waals surface area contributed by atoms with Crippen LogP contribution in [0.1, 0.15) is 189 Å². The molecule has 0 radical (unpaired) electrons. The first-order chi connectivity index (χ1) is 33.8. The molecule has 0 aliphatic carbocycles. The summed E-state index contributed by atoms with van der Waals surface area (Å²) in [5, 5.41) is 1.23. The molecular weight excluding hydrogens is 867 g/mol.